The molecule has 2 heterocycles. The van der Waals surface area contributed by atoms with Gasteiger partial charge in [-0.2, -0.15) is 0 Å². The Morgan fingerprint density at radius 3 is 2.82 bits per heavy atom. The van der Waals surface area contributed by atoms with Gasteiger partial charge in [-0.1, -0.05) is 54.8 Å². The molecule has 0 spiro atoms. The summed E-state index contributed by atoms with van der Waals surface area (Å²) < 4.78 is 1.81. The lowest BCUT2D eigenvalue weighted by atomic mass is 9.89. The second-order valence-electron chi connectivity index (χ2n) is 7.41. The molecule has 0 bridgehead atoms. The molecular weight excluding hydrogens is 370 g/mol. The maximum Gasteiger partial charge on any atom is 0.273 e. The van der Waals surface area contributed by atoms with Crippen molar-refractivity contribution in [1.29, 1.82) is 0 Å². The number of aromatic nitrogens is 4. The second kappa shape index (κ2) is 9.10. The van der Waals surface area contributed by atoms with Gasteiger partial charge in [0.2, 0.25) is 0 Å². The summed E-state index contributed by atoms with van der Waals surface area (Å²) in [7, 11) is 0. The number of carbonyl (C=O) groups excluding carboxylic acids is 1. The van der Waals surface area contributed by atoms with E-state index in [-0.39, 0.29) is 5.91 Å². The molecule has 1 amide bonds. The van der Waals surface area contributed by atoms with Crippen molar-refractivity contribution in [1.82, 2.24) is 25.3 Å². The van der Waals surface area contributed by atoms with Crippen LogP contribution in [0.15, 0.2) is 41.9 Å². The van der Waals surface area contributed by atoms with E-state index < -0.39 is 0 Å². The smallest absolute Gasteiger partial charge is 0.273 e. The lowest BCUT2D eigenvalue weighted by Gasteiger charge is -2.20. The van der Waals surface area contributed by atoms with Crippen LogP contribution in [-0.4, -0.2) is 25.9 Å². The van der Waals surface area contributed by atoms with Gasteiger partial charge in [-0.3, -0.25) is 9.48 Å². The molecule has 2 aromatic heterocycles. The quantitative estimate of drug-likeness (QED) is 0.660. The van der Waals surface area contributed by atoms with E-state index in [1.54, 1.807) is 17.5 Å². The molecule has 1 N–H and O–H groups in total. The van der Waals surface area contributed by atoms with Crippen molar-refractivity contribution in [2.75, 3.05) is 0 Å². The monoisotopic (exact) mass is 395 g/mol. The molecule has 7 heteroatoms. The molecule has 1 saturated carbocycles. The number of nitrogens with zero attached hydrogens (tertiary/aromatic N) is 4. The lowest BCUT2D eigenvalue weighted by Crippen LogP contribution is -2.23. The number of amides is 1. The van der Waals surface area contributed by atoms with Crippen LogP contribution in [0.3, 0.4) is 0 Å². The van der Waals surface area contributed by atoms with Crippen LogP contribution < -0.4 is 5.32 Å². The first-order valence-corrected chi connectivity index (χ1v) is 10.8. The normalized spacial score (nSPS) is 14.9. The standard InChI is InChI=1S/C21H25N5OS/c27-21(19-14-26(25-24-19)13-17-9-5-2-6-10-17)22-12-18-15-28-20(23-18)11-16-7-3-1-4-8-16/h1,3-4,7-8,14-15,17H,2,5-6,9-13H2,(H,22,27). The van der Waals surface area contributed by atoms with Gasteiger partial charge in [0.15, 0.2) is 5.69 Å². The van der Waals surface area contributed by atoms with Crippen LogP contribution in [-0.2, 0) is 19.5 Å². The highest BCUT2D eigenvalue weighted by atomic mass is 32.1. The van der Waals surface area contributed by atoms with Gasteiger partial charge in [0, 0.05) is 18.3 Å². The fourth-order valence-electron chi connectivity index (χ4n) is 3.67. The first-order chi connectivity index (χ1) is 13.8. The summed E-state index contributed by atoms with van der Waals surface area (Å²) in [6.45, 7) is 1.26. The van der Waals surface area contributed by atoms with Crippen LogP contribution in [0.4, 0.5) is 0 Å². The molecule has 1 aliphatic rings. The molecule has 28 heavy (non-hydrogen) atoms. The summed E-state index contributed by atoms with van der Waals surface area (Å²) in [6.07, 6.45) is 9.00. The number of hydrogen-bond acceptors (Lipinski definition) is 5. The van der Waals surface area contributed by atoms with Gasteiger partial charge in [-0.25, -0.2) is 4.98 Å². The van der Waals surface area contributed by atoms with E-state index in [0.29, 0.717) is 18.2 Å². The molecule has 0 saturated heterocycles. The van der Waals surface area contributed by atoms with Gasteiger partial charge < -0.3 is 5.32 Å². The third kappa shape index (κ3) is 5.04. The van der Waals surface area contributed by atoms with E-state index in [9.17, 15) is 4.79 Å². The van der Waals surface area contributed by atoms with Gasteiger partial charge in [0.05, 0.1) is 23.4 Å². The molecule has 4 rings (SSSR count). The summed E-state index contributed by atoms with van der Waals surface area (Å²) in [5.74, 6) is 0.455. The fourth-order valence-corrected chi connectivity index (χ4v) is 4.50. The van der Waals surface area contributed by atoms with Crippen molar-refractivity contribution < 1.29 is 4.79 Å². The Labute approximate surface area is 169 Å². The fraction of sp³-hybridized carbons (Fsp3) is 0.429. The van der Waals surface area contributed by atoms with Gasteiger partial charge in [0.1, 0.15) is 0 Å². The Kier molecular flexibility index (Phi) is 6.11. The van der Waals surface area contributed by atoms with E-state index in [0.717, 1.165) is 23.7 Å². The van der Waals surface area contributed by atoms with Crippen LogP contribution in [0.25, 0.3) is 0 Å². The SMILES string of the molecule is O=C(NCc1csc(Cc2ccccc2)n1)c1cn(CC2CCCCC2)nn1. The topological polar surface area (TPSA) is 72.7 Å². The Balaban J connectivity index is 1.27. The highest BCUT2D eigenvalue weighted by Crippen LogP contribution is 2.24. The summed E-state index contributed by atoms with van der Waals surface area (Å²) in [5, 5.41) is 14.1. The van der Waals surface area contributed by atoms with Crippen LogP contribution in [0.2, 0.25) is 0 Å². The van der Waals surface area contributed by atoms with Crippen molar-refractivity contribution in [3.63, 3.8) is 0 Å². The predicted molar refractivity (Wildman–Crippen MR) is 109 cm³/mol. The maximum atomic E-state index is 12.4. The summed E-state index contributed by atoms with van der Waals surface area (Å²) in [6, 6.07) is 10.3. The van der Waals surface area contributed by atoms with Crippen LogP contribution >= 0.6 is 11.3 Å². The third-order valence-electron chi connectivity index (χ3n) is 5.17. The Hall–Kier alpha value is -2.54. The third-order valence-corrected chi connectivity index (χ3v) is 6.07. The Morgan fingerprint density at radius 2 is 2.00 bits per heavy atom. The molecule has 6 nitrogen and oxygen atoms in total. The summed E-state index contributed by atoms with van der Waals surface area (Å²) >= 11 is 1.62. The van der Waals surface area contributed by atoms with Gasteiger partial charge in [-0.15, -0.1) is 16.4 Å². The number of benzene rings is 1. The number of rotatable bonds is 7. The zero-order chi connectivity index (χ0) is 19.2. The molecule has 1 aliphatic carbocycles. The first kappa shape index (κ1) is 18.8. The molecule has 1 aromatic carbocycles. The number of thiazole rings is 1. The van der Waals surface area contributed by atoms with E-state index in [1.165, 1.54) is 37.7 Å². The van der Waals surface area contributed by atoms with Crippen molar-refractivity contribution in [2.45, 2.75) is 51.6 Å². The van der Waals surface area contributed by atoms with E-state index in [1.807, 2.05) is 28.3 Å². The van der Waals surface area contributed by atoms with Crippen LogP contribution in [0, 0.1) is 5.92 Å². The number of nitrogens with one attached hydrogen (secondary N) is 1. The molecule has 3 aromatic rings. The van der Waals surface area contributed by atoms with Crippen LogP contribution in [0.1, 0.15) is 58.9 Å². The van der Waals surface area contributed by atoms with E-state index >= 15 is 0 Å². The van der Waals surface area contributed by atoms with Crippen molar-refractivity contribution in [2.24, 2.45) is 5.92 Å². The molecule has 0 unspecified atom stereocenters. The largest absolute Gasteiger partial charge is 0.345 e. The average Bonchev–Trinajstić information content (AvgIpc) is 3.37. The van der Waals surface area contributed by atoms with Gasteiger partial charge >= 0.3 is 0 Å². The zero-order valence-electron chi connectivity index (χ0n) is 15.9. The minimum Gasteiger partial charge on any atom is -0.345 e. The van der Waals surface area contributed by atoms with Crippen molar-refractivity contribution in [3.8, 4) is 0 Å². The van der Waals surface area contributed by atoms with Gasteiger partial charge in [-0.05, 0) is 24.3 Å². The predicted octanol–water partition coefficient (Wildman–Crippen LogP) is 3.84. The highest BCUT2D eigenvalue weighted by Gasteiger charge is 2.16. The first-order valence-electron chi connectivity index (χ1n) is 9.92. The van der Waals surface area contributed by atoms with E-state index in [4.69, 9.17) is 0 Å². The molecule has 0 radical (unpaired) electrons. The lowest BCUT2D eigenvalue weighted by molar-refractivity contribution is 0.0945. The highest BCUT2D eigenvalue weighted by molar-refractivity contribution is 7.09. The Morgan fingerprint density at radius 1 is 1.18 bits per heavy atom. The molecule has 146 valence electrons. The molecular formula is C21H25N5OS. The number of hydrogen-bond donors (Lipinski definition) is 1. The molecule has 0 atom stereocenters. The summed E-state index contributed by atoms with van der Waals surface area (Å²) in [4.78, 5) is 17.0. The second-order valence-corrected chi connectivity index (χ2v) is 8.35. The molecule has 0 aliphatic heterocycles. The van der Waals surface area contributed by atoms with E-state index in [2.05, 4.69) is 32.7 Å². The van der Waals surface area contributed by atoms with Gasteiger partial charge in [0.25, 0.3) is 5.91 Å². The van der Waals surface area contributed by atoms with Crippen molar-refractivity contribution in [3.05, 3.63) is 63.9 Å². The van der Waals surface area contributed by atoms with Crippen LogP contribution in [0.5, 0.6) is 0 Å². The summed E-state index contributed by atoms with van der Waals surface area (Å²) in [5.41, 5.74) is 2.48. The van der Waals surface area contributed by atoms with Crippen molar-refractivity contribution >= 4 is 17.2 Å². The minimum atomic E-state index is -0.201. The molecule has 1 fully saturated rings. The zero-order valence-corrected chi connectivity index (χ0v) is 16.7. The Bertz CT molecular complexity index is 898. The average molecular weight is 396 g/mol. The maximum absolute atomic E-state index is 12.4. The minimum absolute atomic E-state index is 0.201. The number of carbonyl (C=O) groups is 1.